The first kappa shape index (κ1) is 20.1. The lowest BCUT2D eigenvalue weighted by Gasteiger charge is -2.22. The number of benzene rings is 1. The Morgan fingerprint density at radius 2 is 1.85 bits per heavy atom. The molecule has 8 heteroatoms. The standard InChI is InChI=1S/C18H22N2O4S2/c1-11(2)16(20-17(21)15-6-5-9-25-15)18(22)19-14-10-13(26(4,23)24)8-7-12(14)3/h5-11,16H,1-4H3,(H,19,22)(H,20,21)/t16-/m1/s1. The van der Waals surface area contributed by atoms with Crippen LogP contribution in [0.2, 0.25) is 0 Å². The van der Waals surface area contributed by atoms with Crippen molar-refractivity contribution in [2.75, 3.05) is 11.6 Å². The fourth-order valence-electron chi connectivity index (χ4n) is 2.33. The van der Waals surface area contributed by atoms with Crippen LogP contribution in [0, 0.1) is 12.8 Å². The third-order valence-electron chi connectivity index (χ3n) is 3.88. The summed E-state index contributed by atoms with van der Waals surface area (Å²) in [5.41, 5.74) is 1.15. The van der Waals surface area contributed by atoms with Crippen LogP contribution in [-0.4, -0.2) is 32.5 Å². The molecule has 0 aliphatic rings. The average Bonchev–Trinajstić information content (AvgIpc) is 3.07. The van der Waals surface area contributed by atoms with Crippen molar-refractivity contribution >= 4 is 38.7 Å². The van der Waals surface area contributed by atoms with Crippen LogP contribution in [0.15, 0.2) is 40.6 Å². The van der Waals surface area contributed by atoms with Crippen molar-refractivity contribution in [3.8, 4) is 0 Å². The van der Waals surface area contributed by atoms with Crippen molar-refractivity contribution in [3.05, 3.63) is 46.2 Å². The molecule has 2 rings (SSSR count). The number of hydrogen-bond donors (Lipinski definition) is 2. The summed E-state index contributed by atoms with van der Waals surface area (Å²) in [6.45, 7) is 5.44. The van der Waals surface area contributed by atoms with Crippen molar-refractivity contribution < 1.29 is 18.0 Å². The highest BCUT2D eigenvalue weighted by molar-refractivity contribution is 7.90. The molecule has 2 amide bonds. The number of hydrogen-bond acceptors (Lipinski definition) is 5. The number of thiophene rings is 1. The second-order valence-corrected chi connectivity index (χ2v) is 9.37. The highest BCUT2D eigenvalue weighted by Crippen LogP contribution is 2.21. The Balaban J connectivity index is 2.21. The molecule has 140 valence electrons. The number of nitrogens with one attached hydrogen (secondary N) is 2. The molecule has 0 unspecified atom stereocenters. The summed E-state index contributed by atoms with van der Waals surface area (Å²) in [6.07, 6.45) is 1.11. The molecule has 0 saturated carbocycles. The van der Waals surface area contributed by atoms with Gasteiger partial charge in [-0.2, -0.15) is 0 Å². The summed E-state index contributed by atoms with van der Waals surface area (Å²) in [4.78, 5) is 25.6. The van der Waals surface area contributed by atoms with Gasteiger partial charge < -0.3 is 10.6 Å². The molecule has 2 aromatic rings. The largest absolute Gasteiger partial charge is 0.339 e. The highest BCUT2D eigenvalue weighted by Gasteiger charge is 2.25. The first-order valence-electron chi connectivity index (χ1n) is 8.05. The molecule has 1 atom stereocenters. The van der Waals surface area contributed by atoms with Crippen molar-refractivity contribution in [1.29, 1.82) is 0 Å². The Kier molecular flexibility index (Phi) is 6.20. The molecule has 2 N–H and O–H groups in total. The lowest BCUT2D eigenvalue weighted by Crippen LogP contribution is -2.47. The van der Waals surface area contributed by atoms with Gasteiger partial charge in [-0.3, -0.25) is 9.59 Å². The van der Waals surface area contributed by atoms with Gasteiger partial charge in [0, 0.05) is 11.9 Å². The maximum atomic E-state index is 12.7. The SMILES string of the molecule is Cc1ccc(S(C)(=O)=O)cc1NC(=O)[C@H](NC(=O)c1cccs1)C(C)C. The van der Waals surface area contributed by atoms with Crippen molar-refractivity contribution in [2.24, 2.45) is 5.92 Å². The van der Waals surface area contributed by atoms with Crippen LogP contribution in [0.4, 0.5) is 5.69 Å². The zero-order chi connectivity index (χ0) is 19.5. The van der Waals surface area contributed by atoms with E-state index in [1.54, 1.807) is 30.5 Å². The number of sulfone groups is 1. The van der Waals surface area contributed by atoms with Gasteiger partial charge in [0.25, 0.3) is 5.91 Å². The molecule has 0 spiro atoms. The van der Waals surface area contributed by atoms with Crippen LogP contribution >= 0.6 is 11.3 Å². The number of carbonyl (C=O) groups is 2. The van der Waals surface area contributed by atoms with Crippen LogP contribution in [0.5, 0.6) is 0 Å². The third-order valence-corrected chi connectivity index (χ3v) is 5.85. The molecular weight excluding hydrogens is 372 g/mol. The average molecular weight is 395 g/mol. The molecule has 1 heterocycles. The van der Waals surface area contributed by atoms with Gasteiger partial charge in [-0.1, -0.05) is 26.0 Å². The fourth-order valence-corrected chi connectivity index (χ4v) is 3.61. The molecular formula is C18H22N2O4S2. The van der Waals surface area contributed by atoms with Gasteiger partial charge in [-0.15, -0.1) is 11.3 Å². The normalized spacial score (nSPS) is 12.7. The second kappa shape index (κ2) is 8.01. The molecule has 0 radical (unpaired) electrons. The van der Waals surface area contributed by atoms with E-state index in [9.17, 15) is 18.0 Å². The van der Waals surface area contributed by atoms with Gasteiger partial charge in [-0.25, -0.2) is 8.42 Å². The van der Waals surface area contributed by atoms with Gasteiger partial charge >= 0.3 is 0 Å². The molecule has 0 aliphatic carbocycles. The van der Waals surface area contributed by atoms with Gasteiger partial charge in [0.15, 0.2) is 9.84 Å². The van der Waals surface area contributed by atoms with E-state index in [0.29, 0.717) is 10.6 Å². The number of amides is 2. The van der Waals surface area contributed by atoms with Crippen LogP contribution in [-0.2, 0) is 14.6 Å². The van der Waals surface area contributed by atoms with Crippen molar-refractivity contribution in [2.45, 2.75) is 31.7 Å². The van der Waals surface area contributed by atoms with Crippen LogP contribution < -0.4 is 10.6 Å². The summed E-state index contributed by atoms with van der Waals surface area (Å²) < 4.78 is 23.5. The summed E-state index contributed by atoms with van der Waals surface area (Å²) >= 11 is 1.30. The zero-order valence-corrected chi connectivity index (χ0v) is 16.7. The van der Waals surface area contributed by atoms with E-state index >= 15 is 0 Å². The Morgan fingerprint density at radius 3 is 2.38 bits per heavy atom. The number of anilines is 1. The Bertz CT molecular complexity index is 903. The fraction of sp³-hybridized carbons (Fsp3) is 0.333. The summed E-state index contributed by atoms with van der Waals surface area (Å²) in [5, 5.41) is 7.28. The second-order valence-electron chi connectivity index (χ2n) is 6.41. The molecule has 6 nitrogen and oxygen atoms in total. The quantitative estimate of drug-likeness (QED) is 0.788. The lowest BCUT2D eigenvalue weighted by molar-refractivity contribution is -0.118. The van der Waals surface area contributed by atoms with E-state index in [4.69, 9.17) is 0 Å². The highest BCUT2D eigenvalue weighted by atomic mass is 32.2. The maximum absolute atomic E-state index is 12.7. The minimum absolute atomic E-state index is 0.127. The third kappa shape index (κ3) is 4.92. The topological polar surface area (TPSA) is 92.3 Å². The van der Waals surface area contributed by atoms with Gasteiger partial charge in [0.1, 0.15) is 6.04 Å². The van der Waals surface area contributed by atoms with E-state index in [-0.39, 0.29) is 16.7 Å². The number of carbonyl (C=O) groups excluding carboxylic acids is 2. The van der Waals surface area contributed by atoms with E-state index in [1.165, 1.54) is 23.5 Å². The van der Waals surface area contributed by atoms with Crippen molar-refractivity contribution in [1.82, 2.24) is 5.32 Å². The smallest absolute Gasteiger partial charge is 0.262 e. The minimum Gasteiger partial charge on any atom is -0.339 e. The lowest BCUT2D eigenvalue weighted by atomic mass is 10.0. The number of rotatable bonds is 6. The van der Waals surface area contributed by atoms with E-state index in [2.05, 4.69) is 10.6 Å². The zero-order valence-electron chi connectivity index (χ0n) is 15.1. The molecule has 1 aromatic heterocycles. The van der Waals surface area contributed by atoms with Gasteiger partial charge in [0.05, 0.1) is 9.77 Å². The molecule has 0 saturated heterocycles. The summed E-state index contributed by atoms with van der Waals surface area (Å²) in [5.74, 6) is -0.841. The van der Waals surface area contributed by atoms with Gasteiger partial charge in [-0.05, 0) is 42.0 Å². The van der Waals surface area contributed by atoms with E-state index < -0.39 is 21.8 Å². The number of aryl methyl sites for hydroxylation is 1. The Morgan fingerprint density at radius 1 is 1.15 bits per heavy atom. The van der Waals surface area contributed by atoms with Gasteiger partial charge in [0.2, 0.25) is 5.91 Å². The van der Waals surface area contributed by atoms with Crippen LogP contribution in [0.25, 0.3) is 0 Å². The van der Waals surface area contributed by atoms with Crippen LogP contribution in [0.1, 0.15) is 29.1 Å². The maximum Gasteiger partial charge on any atom is 0.262 e. The predicted octanol–water partition coefficient (Wildman–Crippen LogP) is 2.85. The molecule has 26 heavy (non-hydrogen) atoms. The molecule has 0 fully saturated rings. The Labute approximate surface area is 157 Å². The summed E-state index contributed by atoms with van der Waals surface area (Å²) in [6, 6.07) is 7.28. The molecule has 0 aliphatic heterocycles. The first-order chi connectivity index (χ1) is 12.1. The minimum atomic E-state index is -3.38. The molecule has 0 bridgehead atoms. The first-order valence-corrected chi connectivity index (χ1v) is 10.8. The van der Waals surface area contributed by atoms with Crippen molar-refractivity contribution in [3.63, 3.8) is 0 Å². The van der Waals surface area contributed by atoms with Crippen LogP contribution in [0.3, 0.4) is 0 Å². The summed E-state index contributed by atoms with van der Waals surface area (Å²) in [7, 11) is -3.38. The van der Waals surface area contributed by atoms with E-state index in [0.717, 1.165) is 11.8 Å². The molecule has 1 aromatic carbocycles. The monoisotopic (exact) mass is 394 g/mol. The Hall–Kier alpha value is -2.19. The van der Waals surface area contributed by atoms with E-state index in [1.807, 2.05) is 13.8 Å². The predicted molar refractivity (Wildman–Crippen MR) is 103 cm³/mol.